The second-order valence-electron chi connectivity index (χ2n) is 9.37. The number of anilines is 4. The van der Waals surface area contributed by atoms with Crippen LogP contribution in [0.15, 0.2) is 78.2 Å². The van der Waals surface area contributed by atoms with Gasteiger partial charge < -0.3 is 19.9 Å². The lowest BCUT2D eigenvalue weighted by atomic mass is 10.1. The molecule has 4 aromatic rings. The van der Waals surface area contributed by atoms with Crippen LogP contribution < -0.4 is 15.1 Å². The molecule has 0 spiro atoms. The van der Waals surface area contributed by atoms with Crippen LogP contribution in [0.4, 0.5) is 22.2 Å². The van der Waals surface area contributed by atoms with E-state index in [9.17, 15) is 9.59 Å². The van der Waals surface area contributed by atoms with Gasteiger partial charge in [-0.05, 0) is 62.4 Å². The molecule has 1 aromatic heterocycles. The Hall–Kier alpha value is -4.01. The highest BCUT2D eigenvalue weighted by Crippen LogP contribution is 2.34. The highest BCUT2D eigenvalue weighted by atomic mass is 32.1. The summed E-state index contributed by atoms with van der Waals surface area (Å²) in [4.78, 5) is 33.3. The lowest BCUT2D eigenvalue weighted by molar-refractivity contribution is 0.102. The summed E-state index contributed by atoms with van der Waals surface area (Å²) in [6.07, 6.45) is 0.857. The van der Waals surface area contributed by atoms with E-state index in [0.717, 1.165) is 66.0 Å². The van der Waals surface area contributed by atoms with Gasteiger partial charge in [0.2, 0.25) is 0 Å². The molecule has 0 saturated carbocycles. The number of morpholine rings is 1. The minimum absolute atomic E-state index is 0.146. The average molecular weight is 527 g/mol. The molecule has 5 rings (SSSR count). The number of aldehydes is 1. The third-order valence-corrected chi connectivity index (χ3v) is 7.28. The van der Waals surface area contributed by atoms with Gasteiger partial charge in [-0.1, -0.05) is 24.3 Å². The van der Waals surface area contributed by atoms with Crippen molar-refractivity contribution in [2.75, 3.05) is 41.4 Å². The summed E-state index contributed by atoms with van der Waals surface area (Å²) < 4.78 is 5.41. The Morgan fingerprint density at radius 2 is 1.79 bits per heavy atom. The van der Waals surface area contributed by atoms with Gasteiger partial charge in [-0.15, -0.1) is 11.3 Å². The minimum atomic E-state index is -0.146. The number of benzene rings is 3. The zero-order chi connectivity index (χ0) is 26.5. The van der Waals surface area contributed by atoms with Crippen molar-refractivity contribution in [2.45, 2.75) is 19.9 Å². The number of nitrogens with zero attached hydrogens (tertiary/aromatic N) is 3. The van der Waals surface area contributed by atoms with Crippen molar-refractivity contribution >= 4 is 45.7 Å². The molecule has 1 aliphatic heterocycles. The summed E-state index contributed by atoms with van der Waals surface area (Å²) in [7, 11) is 0. The Labute approximate surface area is 226 Å². The van der Waals surface area contributed by atoms with Crippen molar-refractivity contribution in [3.8, 4) is 11.3 Å². The molecule has 7 nitrogen and oxygen atoms in total. The second-order valence-corrected chi connectivity index (χ2v) is 10.2. The summed E-state index contributed by atoms with van der Waals surface area (Å²) in [5, 5.41) is 5.86. The Kier molecular flexibility index (Phi) is 7.81. The number of carbonyl (C=O) groups excluding carboxylic acids is 2. The maximum absolute atomic E-state index is 12.8. The monoisotopic (exact) mass is 526 g/mol. The van der Waals surface area contributed by atoms with E-state index in [1.807, 2.05) is 72.1 Å². The Morgan fingerprint density at radius 1 is 1.05 bits per heavy atom. The predicted molar refractivity (Wildman–Crippen MR) is 154 cm³/mol. The van der Waals surface area contributed by atoms with Gasteiger partial charge in [0.25, 0.3) is 5.91 Å². The molecule has 38 heavy (non-hydrogen) atoms. The zero-order valence-electron chi connectivity index (χ0n) is 21.5. The van der Waals surface area contributed by atoms with Gasteiger partial charge in [0.05, 0.1) is 18.9 Å². The van der Waals surface area contributed by atoms with Gasteiger partial charge in [0.15, 0.2) is 5.13 Å². The van der Waals surface area contributed by atoms with Gasteiger partial charge >= 0.3 is 0 Å². The van der Waals surface area contributed by atoms with Crippen LogP contribution in [-0.4, -0.2) is 49.5 Å². The van der Waals surface area contributed by atoms with E-state index in [-0.39, 0.29) is 11.9 Å². The summed E-state index contributed by atoms with van der Waals surface area (Å²) in [6.45, 7) is 7.38. The van der Waals surface area contributed by atoms with E-state index in [1.54, 1.807) is 17.4 Å². The van der Waals surface area contributed by atoms with Gasteiger partial charge in [0, 0.05) is 58.3 Å². The van der Waals surface area contributed by atoms with Gasteiger partial charge in [0.1, 0.15) is 6.29 Å². The van der Waals surface area contributed by atoms with Crippen LogP contribution in [0.2, 0.25) is 0 Å². The van der Waals surface area contributed by atoms with Crippen molar-refractivity contribution in [3.05, 3.63) is 89.3 Å². The smallest absolute Gasteiger partial charge is 0.255 e. The van der Waals surface area contributed by atoms with Crippen molar-refractivity contribution in [1.82, 2.24) is 4.98 Å². The molecule has 0 atom stereocenters. The number of ether oxygens (including phenoxy) is 1. The number of thiazole rings is 1. The van der Waals surface area contributed by atoms with Crippen molar-refractivity contribution in [2.24, 2.45) is 0 Å². The first-order valence-electron chi connectivity index (χ1n) is 12.7. The van der Waals surface area contributed by atoms with Crippen molar-refractivity contribution < 1.29 is 14.3 Å². The first-order valence-corrected chi connectivity index (χ1v) is 13.5. The molecule has 1 saturated heterocycles. The number of aromatic nitrogens is 1. The first-order chi connectivity index (χ1) is 18.5. The first kappa shape index (κ1) is 25.6. The predicted octanol–water partition coefficient (Wildman–Crippen LogP) is 6.26. The summed E-state index contributed by atoms with van der Waals surface area (Å²) >= 11 is 1.56. The van der Waals surface area contributed by atoms with E-state index in [2.05, 4.69) is 29.0 Å². The highest BCUT2D eigenvalue weighted by Gasteiger charge is 2.18. The van der Waals surface area contributed by atoms with E-state index < -0.39 is 0 Å². The third-order valence-electron chi connectivity index (χ3n) is 6.44. The largest absolute Gasteiger partial charge is 0.378 e. The number of hydrogen-bond acceptors (Lipinski definition) is 7. The quantitative estimate of drug-likeness (QED) is 0.273. The molecule has 0 radical (unpaired) electrons. The fourth-order valence-corrected chi connectivity index (χ4v) is 5.44. The lowest BCUT2D eigenvalue weighted by Gasteiger charge is -2.28. The van der Waals surface area contributed by atoms with Crippen molar-refractivity contribution in [3.63, 3.8) is 0 Å². The molecule has 8 heteroatoms. The van der Waals surface area contributed by atoms with Crippen LogP contribution in [0.5, 0.6) is 0 Å². The number of nitrogens with one attached hydrogen (secondary N) is 1. The Balaban J connectivity index is 1.26. The van der Waals surface area contributed by atoms with E-state index in [0.29, 0.717) is 11.1 Å². The molecule has 1 fully saturated rings. The van der Waals surface area contributed by atoms with Gasteiger partial charge in [-0.2, -0.15) is 0 Å². The molecule has 1 amide bonds. The highest BCUT2D eigenvalue weighted by molar-refractivity contribution is 7.14. The molecule has 194 valence electrons. The maximum Gasteiger partial charge on any atom is 0.255 e. The Morgan fingerprint density at radius 3 is 2.47 bits per heavy atom. The lowest BCUT2D eigenvalue weighted by Crippen LogP contribution is -2.36. The van der Waals surface area contributed by atoms with Crippen LogP contribution >= 0.6 is 11.3 Å². The van der Waals surface area contributed by atoms with Crippen LogP contribution in [-0.2, 0) is 4.74 Å². The average Bonchev–Trinajstić information content (AvgIpc) is 3.43. The molecular weight excluding hydrogens is 496 g/mol. The van der Waals surface area contributed by atoms with Crippen LogP contribution in [0.3, 0.4) is 0 Å². The van der Waals surface area contributed by atoms with Crippen LogP contribution in [0.1, 0.15) is 34.6 Å². The molecule has 1 N–H and O–H groups in total. The van der Waals surface area contributed by atoms with Gasteiger partial charge in [-0.3, -0.25) is 9.59 Å². The third kappa shape index (κ3) is 5.77. The molecule has 0 bridgehead atoms. The summed E-state index contributed by atoms with van der Waals surface area (Å²) in [6, 6.07) is 23.1. The normalized spacial score (nSPS) is 13.4. The van der Waals surface area contributed by atoms with E-state index >= 15 is 0 Å². The topological polar surface area (TPSA) is 74.8 Å². The van der Waals surface area contributed by atoms with Crippen LogP contribution in [0, 0.1) is 0 Å². The van der Waals surface area contributed by atoms with Crippen LogP contribution in [0.25, 0.3) is 11.3 Å². The molecule has 0 aliphatic carbocycles. The van der Waals surface area contributed by atoms with Gasteiger partial charge in [-0.25, -0.2) is 4.98 Å². The number of carbonyl (C=O) groups is 2. The summed E-state index contributed by atoms with van der Waals surface area (Å²) in [5.74, 6) is -0.146. The fourth-order valence-electron chi connectivity index (χ4n) is 4.46. The van der Waals surface area contributed by atoms with Crippen molar-refractivity contribution in [1.29, 1.82) is 0 Å². The molecule has 0 unspecified atom stereocenters. The Bertz CT molecular complexity index is 1390. The van der Waals surface area contributed by atoms with E-state index in [1.165, 1.54) is 0 Å². The van der Waals surface area contributed by atoms with E-state index in [4.69, 9.17) is 9.72 Å². The number of amides is 1. The number of hydrogen-bond donors (Lipinski definition) is 1. The maximum atomic E-state index is 12.8. The zero-order valence-corrected chi connectivity index (χ0v) is 22.3. The second kappa shape index (κ2) is 11.6. The fraction of sp³-hybridized carbons (Fsp3) is 0.233. The molecule has 1 aliphatic rings. The minimum Gasteiger partial charge on any atom is -0.378 e. The SMILES string of the molecule is CC(C)N(c1cccc(C=O)c1)c1nc(-c2ccc(NC(=O)c3ccc(N4CCOCC4)cc3)cc2)cs1. The molecule has 3 aromatic carbocycles. The molecular formula is C30H30N4O3S. The number of rotatable bonds is 8. The molecule has 2 heterocycles. The summed E-state index contributed by atoms with van der Waals surface area (Å²) in [5.41, 5.74) is 5.83. The standard InChI is InChI=1S/C30H30N4O3S/c1-21(2)34(27-5-3-4-22(18-27)19-35)30-32-28(20-38-30)23-6-10-25(11-7-23)31-29(36)24-8-12-26(13-9-24)33-14-16-37-17-15-33/h3-13,18-21H,14-17H2,1-2H3,(H,31,36).